The molecule has 4 heteroatoms. The topological polar surface area (TPSA) is 33.1 Å². The molecule has 0 aliphatic rings. The van der Waals surface area contributed by atoms with Crippen LogP contribution >= 0.6 is 0 Å². The zero-order chi connectivity index (χ0) is 14.1. The Labute approximate surface area is 118 Å². The zero-order valence-corrected chi connectivity index (χ0v) is 13.0. The van der Waals surface area contributed by atoms with Crippen molar-refractivity contribution in [1.82, 2.24) is 20.0 Å². The molecule has 1 aromatic heterocycles. The van der Waals surface area contributed by atoms with Gasteiger partial charge in [-0.1, -0.05) is 27.7 Å². The van der Waals surface area contributed by atoms with Crippen molar-refractivity contribution >= 4 is 0 Å². The quantitative estimate of drug-likeness (QED) is 0.660. The molecule has 4 nitrogen and oxygen atoms in total. The van der Waals surface area contributed by atoms with Gasteiger partial charge in [0, 0.05) is 24.8 Å². The van der Waals surface area contributed by atoms with Gasteiger partial charge >= 0.3 is 0 Å². The lowest BCUT2D eigenvalue weighted by Gasteiger charge is -2.17. The molecule has 0 aliphatic heterocycles. The largest absolute Gasteiger partial charge is 0.313 e. The van der Waals surface area contributed by atoms with Crippen LogP contribution in [-0.2, 0) is 13.1 Å². The number of aromatic nitrogens is 2. The summed E-state index contributed by atoms with van der Waals surface area (Å²) in [5, 5.41) is 7.87. The van der Waals surface area contributed by atoms with Crippen LogP contribution in [-0.4, -0.2) is 40.9 Å². The predicted octanol–water partition coefficient (Wildman–Crippen LogP) is 2.36. The molecule has 0 fully saturated rings. The Balaban J connectivity index is 2.14. The maximum Gasteiger partial charge on any atom is 0.0534 e. The minimum absolute atomic E-state index is 0.648. The number of rotatable bonds is 10. The average molecular weight is 266 g/mol. The summed E-state index contributed by atoms with van der Waals surface area (Å²) in [7, 11) is 0. The van der Waals surface area contributed by atoms with Crippen LogP contribution in [0.2, 0.25) is 0 Å². The Morgan fingerprint density at radius 2 is 2.05 bits per heavy atom. The van der Waals surface area contributed by atoms with Crippen LogP contribution in [0.3, 0.4) is 0 Å². The minimum atomic E-state index is 0.648. The summed E-state index contributed by atoms with van der Waals surface area (Å²) in [6.45, 7) is 15.4. The van der Waals surface area contributed by atoms with Crippen molar-refractivity contribution in [2.45, 2.75) is 47.2 Å². The van der Waals surface area contributed by atoms with E-state index in [1.54, 1.807) is 0 Å². The second-order valence-corrected chi connectivity index (χ2v) is 5.52. The highest BCUT2D eigenvalue weighted by Crippen LogP contribution is 2.01. The van der Waals surface area contributed by atoms with Gasteiger partial charge in [-0.2, -0.15) is 5.10 Å². The third kappa shape index (κ3) is 6.73. The van der Waals surface area contributed by atoms with Crippen molar-refractivity contribution < 1.29 is 0 Å². The van der Waals surface area contributed by atoms with E-state index in [0.29, 0.717) is 5.92 Å². The second-order valence-electron chi connectivity index (χ2n) is 5.52. The highest BCUT2D eigenvalue weighted by Gasteiger charge is 2.01. The maximum atomic E-state index is 4.38. The number of nitrogens with zero attached hydrogens (tertiary/aromatic N) is 3. The molecular weight excluding hydrogens is 236 g/mol. The first-order chi connectivity index (χ1) is 9.15. The highest BCUT2D eigenvalue weighted by molar-refractivity contribution is 5.03. The molecule has 0 unspecified atom stereocenters. The van der Waals surface area contributed by atoms with Gasteiger partial charge in [-0.25, -0.2) is 0 Å². The third-order valence-electron chi connectivity index (χ3n) is 3.29. The lowest BCUT2D eigenvalue weighted by molar-refractivity contribution is 0.298. The van der Waals surface area contributed by atoms with Crippen molar-refractivity contribution in [3.05, 3.63) is 18.0 Å². The van der Waals surface area contributed by atoms with Gasteiger partial charge in [0.15, 0.2) is 0 Å². The smallest absolute Gasteiger partial charge is 0.0534 e. The van der Waals surface area contributed by atoms with Crippen molar-refractivity contribution in [3.63, 3.8) is 0 Å². The molecule has 1 rings (SSSR count). The Kier molecular flexibility index (Phi) is 7.75. The molecule has 1 N–H and O–H groups in total. The van der Waals surface area contributed by atoms with Gasteiger partial charge in [0.05, 0.1) is 6.20 Å². The van der Waals surface area contributed by atoms with E-state index in [2.05, 4.69) is 49.2 Å². The van der Waals surface area contributed by atoms with Crippen LogP contribution in [0, 0.1) is 5.92 Å². The molecule has 110 valence electrons. The van der Waals surface area contributed by atoms with E-state index in [1.807, 2.05) is 10.9 Å². The third-order valence-corrected chi connectivity index (χ3v) is 3.29. The van der Waals surface area contributed by atoms with Crippen molar-refractivity contribution in [2.24, 2.45) is 5.92 Å². The van der Waals surface area contributed by atoms with E-state index in [1.165, 1.54) is 18.5 Å². The van der Waals surface area contributed by atoms with Gasteiger partial charge < -0.3 is 10.2 Å². The molecule has 0 radical (unpaired) electrons. The molecule has 0 saturated carbocycles. The Bertz CT molecular complexity index is 329. The minimum Gasteiger partial charge on any atom is -0.313 e. The molecule has 0 saturated heterocycles. The standard InChI is InChI=1S/C15H30N4/c1-5-18(6-2)9-7-8-16-10-15-11-17-19(13-15)12-14(3)4/h11,13-14,16H,5-10,12H2,1-4H3. The zero-order valence-electron chi connectivity index (χ0n) is 13.0. The van der Waals surface area contributed by atoms with Crippen molar-refractivity contribution in [2.75, 3.05) is 26.2 Å². The van der Waals surface area contributed by atoms with E-state index in [-0.39, 0.29) is 0 Å². The highest BCUT2D eigenvalue weighted by atomic mass is 15.3. The van der Waals surface area contributed by atoms with Crippen molar-refractivity contribution in [3.8, 4) is 0 Å². The summed E-state index contributed by atoms with van der Waals surface area (Å²) in [6.07, 6.45) is 5.33. The molecule has 0 amide bonds. The summed E-state index contributed by atoms with van der Waals surface area (Å²) < 4.78 is 2.04. The van der Waals surface area contributed by atoms with E-state index in [0.717, 1.165) is 32.7 Å². The maximum absolute atomic E-state index is 4.38. The fraction of sp³-hybridized carbons (Fsp3) is 0.800. The SMILES string of the molecule is CCN(CC)CCCNCc1cnn(CC(C)C)c1. The van der Waals surface area contributed by atoms with Crippen LogP contribution in [0.15, 0.2) is 12.4 Å². The van der Waals surface area contributed by atoms with E-state index in [9.17, 15) is 0 Å². The molecule has 0 spiro atoms. The monoisotopic (exact) mass is 266 g/mol. The Morgan fingerprint density at radius 1 is 1.32 bits per heavy atom. The van der Waals surface area contributed by atoms with Gasteiger partial charge in [0.1, 0.15) is 0 Å². The Morgan fingerprint density at radius 3 is 2.68 bits per heavy atom. The van der Waals surface area contributed by atoms with Crippen LogP contribution in [0.1, 0.15) is 39.7 Å². The lowest BCUT2D eigenvalue weighted by Crippen LogP contribution is -2.27. The van der Waals surface area contributed by atoms with Crippen LogP contribution in [0.5, 0.6) is 0 Å². The molecule has 1 heterocycles. The molecule has 0 atom stereocenters. The molecule has 19 heavy (non-hydrogen) atoms. The molecular formula is C15H30N4. The predicted molar refractivity (Wildman–Crippen MR) is 81.2 cm³/mol. The van der Waals surface area contributed by atoms with Crippen LogP contribution in [0.25, 0.3) is 0 Å². The summed E-state index contributed by atoms with van der Waals surface area (Å²) in [4.78, 5) is 2.46. The average Bonchev–Trinajstić information content (AvgIpc) is 2.80. The van der Waals surface area contributed by atoms with Crippen LogP contribution < -0.4 is 5.32 Å². The molecule has 1 aromatic rings. The van der Waals surface area contributed by atoms with Gasteiger partial charge in [-0.15, -0.1) is 0 Å². The van der Waals surface area contributed by atoms with Gasteiger partial charge in [-0.3, -0.25) is 4.68 Å². The lowest BCUT2D eigenvalue weighted by atomic mass is 10.2. The molecule has 0 aromatic carbocycles. The van der Waals surface area contributed by atoms with Crippen LogP contribution in [0.4, 0.5) is 0 Å². The van der Waals surface area contributed by atoms with Crippen molar-refractivity contribution in [1.29, 1.82) is 0 Å². The first kappa shape index (κ1) is 16.2. The first-order valence-corrected chi connectivity index (χ1v) is 7.60. The normalized spacial score (nSPS) is 11.7. The summed E-state index contributed by atoms with van der Waals surface area (Å²) in [5.74, 6) is 0.648. The number of hydrogen-bond donors (Lipinski definition) is 1. The molecule has 0 aliphatic carbocycles. The number of hydrogen-bond acceptors (Lipinski definition) is 3. The van der Waals surface area contributed by atoms with Gasteiger partial charge in [-0.05, 0) is 38.5 Å². The first-order valence-electron chi connectivity index (χ1n) is 7.60. The van der Waals surface area contributed by atoms with E-state index >= 15 is 0 Å². The Hall–Kier alpha value is -0.870. The van der Waals surface area contributed by atoms with E-state index in [4.69, 9.17) is 0 Å². The van der Waals surface area contributed by atoms with E-state index < -0.39 is 0 Å². The summed E-state index contributed by atoms with van der Waals surface area (Å²) in [5.41, 5.74) is 1.28. The summed E-state index contributed by atoms with van der Waals surface area (Å²) in [6, 6.07) is 0. The second kappa shape index (κ2) is 9.10. The van der Waals surface area contributed by atoms with Gasteiger partial charge in [0.2, 0.25) is 0 Å². The fourth-order valence-corrected chi connectivity index (χ4v) is 2.17. The fourth-order valence-electron chi connectivity index (χ4n) is 2.17. The number of nitrogens with one attached hydrogen (secondary N) is 1. The van der Waals surface area contributed by atoms with Gasteiger partial charge in [0.25, 0.3) is 0 Å². The molecule has 0 bridgehead atoms. The summed E-state index contributed by atoms with van der Waals surface area (Å²) >= 11 is 0.